The molecule has 27 heavy (non-hydrogen) atoms. The summed E-state index contributed by atoms with van der Waals surface area (Å²) in [5, 5.41) is 19.0. The lowest BCUT2D eigenvalue weighted by Gasteiger charge is -2.29. The molecule has 0 spiro atoms. The number of carbonyl (C=O) groups excluding carboxylic acids is 1. The van der Waals surface area contributed by atoms with Crippen molar-refractivity contribution in [3.05, 3.63) is 59.2 Å². The molecule has 2 rings (SSSR count). The van der Waals surface area contributed by atoms with E-state index < -0.39 is 0 Å². The summed E-state index contributed by atoms with van der Waals surface area (Å²) in [7, 11) is 1.35. The van der Waals surface area contributed by atoms with E-state index in [0.29, 0.717) is 6.42 Å². The SMILES string of the molecule is COC(=O)/C=C/c1cc(C)c(N(CCCCO)c2cccc(O)c2)c(C)c1. The number of methoxy groups -OCH3 is 1. The van der Waals surface area contributed by atoms with Gasteiger partial charge in [0.05, 0.1) is 7.11 Å². The summed E-state index contributed by atoms with van der Waals surface area (Å²) in [6.45, 7) is 4.94. The molecule has 2 aromatic rings. The van der Waals surface area contributed by atoms with Crippen LogP contribution in [0.1, 0.15) is 29.5 Å². The van der Waals surface area contributed by atoms with Gasteiger partial charge in [0.25, 0.3) is 0 Å². The van der Waals surface area contributed by atoms with Crippen molar-refractivity contribution in [2.75, 3.05) is 25.2 Å². The van der Waals surface area contributed by atoms with E-state index in [1.54, 1.807) is 18.2 Å². The molecular weight excluding hydrogens is 342 g/mol. The summed E-state index contributed by atoms with van der Waals surface area (Å²) in [6, 6.07) is 11.2. The monoisotopic (exact) mass is 369 g/mol. The summed E-state index contributed by atoms with van der Waals surface area (Å²) in [5.41, 5.74) is 5.01. The van der Waals surface area contributed by atoms with Crippen molar-refractivity contribution >= 4 is 23.4 Å². The van der Waals surface area contributed by atoms with E-state index in [1.807, 2.05) is 38.1 Å². The molecule has 0 saturated heterocycles. The molecule has 144 valence electrons. The summed E-state index contributed by atoms with van der Waals surface area (Å²) in [6.07, 6.45) is 4.69. The van der Waals surface area contributed by atoms with E-state index in [4.69, 9.17) is 5.11 Å². The summed E-state index contributed by atoms with van der Waals surface area (Å²) in [4.78, 5) is 13.5. The number of phenolic OH excluding ortho intramolecular Hbond substituents is 1. The van der Waals surface area contributed by atoms with Crippen molar-refractivity contribution in [3.63, 3.8) is 0 Å². The molecule has 2 aromatic carbocycles. The number of esters is 1. The van der Waals surface area contributed by atoms with Gasteiger partial charge < -0.3 is 19.8 Å². The Hall–Kier alpha value is -2.79. The van der Waals surface area contributed by atoms with Crippen LogP contribution in [-0.4, -0.2) is 36.4 Å². The molecule has 0 aromatic heterocycles. The Bertz CT molecular complexity index is 791. The summed E-state index contributed by atoms with van der Waals surface area (Å²) < 4.78 is 4.64. The molecule has 0 aliphatic rings. The van der Waals surface area contributed by atoms with Gasteiger partial charge in [0.1, 0.15) is 5.75 Å². The Morgan fingerprint density at radius 1 is 1.15 bits per heavy atom. The fourth-order valence-electron chi connectivity index (χ4n) is 3.16. The zero-order valence-corrected chi connectivity index (χ0v) is 16.1. The number of unbranched alkanes of at least 4 members (excludes halogenated alkanes) is 1. The second kappa shape index (κ2) is 9.78. The number of nitrogens with zero attached hydrogens (tertiary/aromatic N) is 1. The van der Waals surface area contributed by atoms with Crippen molar-refractivity contribution in [2.45, 2.75) is 26.7 Å². The van der Waals surface area contributed by atoms with E-state index in [1.165, 1.54) is 13.2 Å². The van der Waals surface area contributed by atoms with Crippen LogP contribution in [0.3, 0.4) is 0 Å². The molecule has 5 nitrogen and oxygen atoms in total. The van der Waals surface area contributed by atoms with Gasteiger partial charge in [-0.05, 0) is 73.7 Å². The lowest BCUT2D eigenvalue weighted by atomic mass is 10.0. The van der Waals surface area contributed by atoms with Gasteiger partial charge in [0.15, 0.2) is 0 Å². The molecule has 0 aliphatic heterocycles. The molecule has 0 unspecified atom stereocenters. The Balaban J connectivity index is 2.42. The van der Waals surface area contributed by atoms with Gasteiger partial charge in [-0.3, -0.25) is 0 Å². The first-order valence-corrected chi connectivity index (χ1v) is 9.01. The Labute approximate surface area is 160 Å². The van der Waals surface area contributed by atoms with E-state index in [2.05, 4.69) is 9.64 Å². The largest absolute Gasteiger partial charge is 0.508 e. The summed E-state index contributed by atoms with van der Waals surface area (Å²) in [5.74, 6) is -0.174. The van der Waals surface area contributed by atoms with Gasteiger partial charge in [0, 0.05) is 36.7 Å². The Kier molecular flexibility index (Phi) is 7.44. The van der Waals surface area contributed by atoms with Gasteiger partial charge in [-0.1, -0.05) is 6.07 Å². The molecule has 2 N–H and O–H groups in total. The van der Waals surface area contributed by atoms with E-state index in [-0.39, 0.29) is 18.3 Å². The first-order chi connectivity index (χ1) is 13.0. The van der Waals surface area contributed by atoms with Gasteiger partial charge in [-0.25, -0.2) is 4.79 Å². The molecule has 0 atom stereocenters. The molecule has 0 radical (unpaired) electrons. The highest BCUT2D eigenvalue weighted by Gasteiger charge is 2.15. The third-order valence-corrected chi connectivity index (χ3v) is 4.33. The zero-order valence-electron chi connectivity index (χ0n) is 16.1. The average molecular weight is 369 g/mol. The number of aliphatic hydroxyl groups excluding tert-OH is 1. The molecule has 0 saturated carbocycles. The predicted octanol–water partition coefficient (Wildman–Crippen LogP) is 4.11. The van der Waals surface area contributed by atoms with Crippen LogP contribution in [-0.2, 0) is 9.53 Å². The minimum absolute atomic E-state index is 0.156. The highest BCUT2D eigenvalue weighted by molar-refractivity contribution is 5.87. The number of rotatable bonds is 8. The molecular formula is C22H27NO4. The Morgan fingerprint density at radius 2 is 1.85 bits per heavy atom. The van der Waals surface area contributed by atoms with Crippen molar-refractivity contribution in [3.8, 4) is 5.75 Å². The number of carbonyl (C=O) groups is 1. The standard InChI is InChI=1S/C22H27NO4/c1-16-13-18(9-10-21(26)27-3)14-17(2)22(16)23(11-4-5-12-24)19-7-6-8-20(25)15-19/h6-10,13-15,24-25H,4-5,11-12H2,1-3H3/b10-9+. The molecule has 0 aliphatic carbocycles. The van der Waals surface area contributed by atoms with Crippen LogP contribution in [0.4, 0.5) is 11.4 Å². The maximum absolute atomic E-state index is 11.3. The van der Waals surface area contributed by atoms with Crippen LogP contribution in [0.2, 0.25) is 0 Å². The van der Waals surface area contributed by atoms with Gasteiger partial charge in [0.2, 0.25) is 0 Å². The topological polar surface area (TPSA) is 70.0 Å². The second-order valence-corrected chi connectivity index (χ2v) is 6.46. The molecule has 0 amide bonds. The predicted molar refractivity (Wildman–Crippen MR) is 108 cm³/mol. The number of phenols is 1. The maximum atomic E-state index is 11.3. The van der Waals surface area contributed by atoms with Crippen molar-refractivity contribution in [2.24, 2.45) is 0 Å². The average Bonchev–Trinajstić information content (AvgIpc) is 2.64. The number of benzene rings is 2. The number of aliphatic hydroxyl groups is 1. The number of ether oxygens (including phenoxy) is 1. The van der Waals surface area contributed by atoms with Crippen molar-refractivity contribution in [1.29, 1.82) is 0 Å². The fourth-order valence-corrected chi connectivity index (χ4v) is 3.16. The molecule has 0 fully saturated rings. The van der Waals surface area contributed by atoms with E-state index in [0.717, 1.165) is 41.0 Å². The lowest BCUT2D eigenvalue weighted by Crippen LogP contribution is -2.21. The lowest BCUT2D eigenvalue weighted by molar-refractivity contribution is -0.134. The van der Waals surface area contributed by atoms with Crippen LogP contribution in [0.15, 0.2) is 42.5 Å². The number of hydrogen-bond donors (Lipinski definition) is 2. The van der Waals surface area contributed by atoms with E-state index in [9.17, 15) is 9.90 Å². The number of aromatic hydroxyl groups is 1. The number of anilines is 2. The van der Waals surface area contributed by atoms with Crippen molar-refractivity contribution < 1.29 is 19.7 Å². The molecule has 0 bridgehead atoms. The van der Waals surface area contributed by atoms with Crippen LogP contribution >= 0.6 is 0 Å². The maximum Gasteiger partial charge on any atom is 0.330 e. The highest BCUT2D eigenvalue weighted by atomic mass is 16.5. The third-order valence-electron chi connectivity index (χ3n) is 4.33. The molecule has 5 heteroatoms. The first kappa shape index (κ1) is 20.5. The van der Waals surface area contributed by atoms with Crippen LogP contribution in [0.25, 0.3) is 6.08 Å². The summed E-state index contributed by atoms with van der Waals surface area (Å²) >= 11 is 0. The normalized spacial score (nSPS) is 11.0. The first-order valence-electron chi connectivity index (χ1n) is 9.01. The second-order valence-electron chi connectivity index (χ2n) is 6.46. The fraction of sp³-hybridized carbons (Fsp3) is 0.318. The van der Waals surface area contributed by atoms with Crippen molar-refractivity contribution in [1.82, 2.24) is 0 Å². The minimum atomic E-state index is -0.389. The minimum Gasteiger partial charge on any atom is -0.508 e. The quantitative estimate of drug-likeness (QED) is 0.416. The van der Waals surface area contributed by atoms with Crippen LogP contribution < -0.4 is 4.90 Å². The smallest absolute Gasteiger partial charge is 0.330 e. The van der Waals surface area contributed by atoms with Gasteiger partial charge >= 0.3 is 5.97 Å². The van der Waals surface area contributed by atoms with Crippen LogP contribution in [0.5, 0.6) is 5.75 Å². The number of hydrogen-bond acceptors (Lipinski definition) is 5. The molecule has 0 heterocycles. The van der Waals surface area contributed by atoms with Gasteiger partial charge in [-0.15, -0.1) is 0 Å². The number of aryl methyl sites for hydroxylation is 2. The third kappa shape index (κ3) is 5.59. The van der Waals surface area contributed by atoms with Gasteiger partial charge in [-0.2, -0.15) is 0 Å². The highest BCUT2D eigenvalue weighted by Crippen LogP contribution is 2.34. The van der Waals surface area contributed by atoms with E-state index >= 15 is 0 Å². The Morgan fingerprint density at radius 3 is 2.44 bits per heavy atom. The van der Waals surface area contributed by atoms with Crippen LogP contribution in [0, 0.1) is 13.8 Å². The zero-order chi connectivity index (χ0) is 19.8.